The van der Waals surface area contributed by atoms with Crippen LogP contribution in [0.5, 0.6) is 0 Å². The molecule has 0 radical (unpaired) electrons. The highest BCUT2D eigenvalue weighted by Crippen LogP contribution is 2.39. The Morgan fingerprint density at radius 1 is 1.41 bits per heavy atom. The third-order valence-corrected chi connectivity index (χ3v) is 2.08. The molecule has 1 rings (SSSR count). The average Bonchev–Trinajstić information content (AvgIpc) is 2.13. The van der Waals surface area contributed by atoms with Gasteiger partial charge in [0.05, 0.1) is 16.1 Å². The molecule has 0 unspecified atom stereocenters. The fourth-order valence-corrected chi connectivity index (χ4v) is 1.34. The predicted octanol–water partition coefficient (Wildman–Crippen LogP) is 2.40. The van der Waals surface area contributed by atoms with Crippen LogP contribution in [0.2, 0.25) is 0 Å². The number of hydrogen-bond acceptors (Lipinski definition) is 4. The number of halogens is 3. The molecule has 2 N–H and O–H groups in total. The lowest BCUT2D eigenvalue weighted by molar-refractivity contribution is -0.384. The highest BCUT2D eigenvalue weighted by molar-refractivity contribution is 6.00. The second-order valence-electron chi connectivity index (χ2n) is 3.23. The average molecular weight is 248 g/mol. The van der Waals surface area contributed by atoms with Crippen LogP contribution < -0.4 is 5.73 Å². The molecular weight excluding hydrogens is 241 g/mol. The van der Waals surface area contributed by atoms with E-state index in [0.717, 1.165) is 13.0 Å². The topological polar surface area (TPSA) is 86.2 Å². The van der Waals surface area contributed by atoms with E-state index < -0.39 is 39.4 Å². The number of benzene rings is 1. The first-order valence-electron chi connectivity index (χ1n) is 4.31. The zero-order chi connectivity index (χ0) is 13.4. The van der Waals surface area contributed by atoms with Gasteiger partial charge < -0.3 is 5.73 Å². The maximum Gasteiger partial charge on any atom is 0.418 e. The summed E-state index contributed by atoms with van der Waals surface area (Å²) in [4.78, 5) is 20.6. The Bertz CT molecular complexity index is 497. The Morgan fingerprint density at radius 2 is 1.94 bits per heavy atom. The van der Waals surface area contributed by atoms with E-state index in [4.69, 9.17) is 5.73 Å². The van der Waals surface area contributed by atoms with Crippen LogP contribution in [-0.2, 0) is 6.18 Å². The quantitative estimate of drug-likeness (QED) is 0.377. The third-order valence-electron chi connectivity index (χ3n) is 2.08. The molecule has 0 spiro atoms. The number of nitro benzene ring substituents is 1. The standard InChI is InChI=1S/C9H7F3N2O3/c1-4(15)5-2-3-6(9(10,11)12)7(13)8(5)14(16)17/h2-3H,13H2,1H3. The van der Waals surface area contributed by atoms with Gasteiger partial charge in [0.25, 0.3) is 0 Å². The van der Waals surface area contributed by atoms with Crippen molar-refractivity contribution in [2.24, 2.45) is 0 Å². The zero-order valence-electron chi connectivity index (χ0n) is 8.54. The van der Waals surface area contributed by atoms with E-state index in [2.05, 4.69) is 0 Å². The second-order valence-corrected chi connectivity index (χ2v) is 3.23. The summed E-state index contributed by atoms with van der Waals surface area (Å²) < 4.78 is 37.3. The van der Waals surface area contributed by atoms with Gasteiger partial charge in [-0.1, -0.05) is 0 Å². The van der Waals surface area contributed by atoms with Crippen LogP contribution in [0.15, 0.2) is 12.1 Å². The third kappa shape index (κ3) is 2.35. The number of nitro groups is 1. The van der Waals surface area contributed by atoms with Gasteiger partial charge in [0, 0.05) is 0 Å². The molecule has 1 aromatic rings. The van der Waals surface area contributed by atoms with E-state index >= 15 is 0 Å². The molecule has 0 aromatic heterocycles. The lowest BCUT2D eigenvalue weighted by Crippen LogP contribution is -2.13. The highest BCUT2D eigenvalue weighted by Gasteiger charge is 2.37. The van der Waals surface area contributed by atoms with Gasteiger partial charge in [-0.15, -0.1) is 0 Å². The normalized spacial score (nSPS) is 11.3. The van der Waals surface area contributed by atoms with Crippen molar-refractivity contribution in [3.05, 3.63) is 33.4 Å². The highest BCUT2D eigenvalue weighted by atomic mass is 19.4. The van der Waals surface area contributed by atoms with Crippen LogP contribution in [0.3, 0.4) is 0 Å². The summed E-state index contributed by atoms with van der Waals surface area (Å²) in [5.41, 5.74) is 1.27. The number of rotatable bonds is 2. The van der Waals surface area contributed by atoms with Gasteiger partial charge in [-0.25, -0.2) is 0 Å². The van der Waals surface area contributed by atoms with E-state index in [1.807, 2.05) is 0 Å². The number of nitrogens with zero attached hydrogens (tertiary/aromatic N) is 1. The van der Waals surface area contributed by atoms with Crippen molar-refractivity contribution < 1.29 is 22.9 Å². The van der Waals surface area contributed by atoms with Gasteiger partial charge in [0.2, 0.25) is 0 Å². The maximum atomic E-state index is 12.4. The van der Waals surface area contributed by atoms with Gasteiger partial charge in [-0.2, -0.15) is 13.2 Å². The fraction of sp³-hybridized carbons (Fsp3) is 0.222. The Labute approximate surface area is 93.2 Å². The van der Waals surface area contributed by atoms with Crippen LogP contribution in [0.25, 0.3) is 0 Å². The molecular formula is C9H7F3N2O3. The first kappa shape index (κ1) is 12.9. The van der Waals surface area contributed by atoms with Gasteiger partial charge in [0.1, 0.15) is 5.69 Å². The van der Waals surface area contributed by atoms with Gasteiger partial charge >= 0.3 is 11.9 Å². The van der Waals surface area contributed by atoms with Crippen molar-refractivity contribution in [2.75, 3.05) is 5.73 Å². The lowest BCUT2D eigenvalue weighted by atomic mass is 10.0. The molecule has 8 heteroatoms. The van der Waals surface area contributed by atoms with Crippen LogP contribution in [0.1, 0.15) is 22.8 Å². The summed E-state index contributed by atoms with van der Waals surface area (Å²) >= 11 is 0. The van der Waals surface area contributed by atoms with Crippen molar-refractivity contribution in [3.8, 4) is 0 Å². The Balaban J connectivity index is 3.61. The van der Waals surface area contributed by atoms with E-state index in [9.17, 15) is 28.1 Å². The predicted molar refractivity (Wildman–Crippen MR) is 52.5 cm³/mol. The molecule has 0 aliphatic heterocycles. The molecule has 17 heavy (non-hydrogen) atoms. The number of nitrogen functional groups attached to an aromatic ring is 1. The molecule has 0 atom stereocenters. The first-order valence-corrected chi connectivity index (χ1v) is 4.31. The molecule has 1 aromatic carbocycles. The van der Waals surface area contributed by atoms with Crippen molar-refractivity contribution >= 4 is 17.2 Å². The molecule has 0 aliphatic rings. The van der Waals surface area contributed by atoms with E-state index in [1.165, 1.54) is 0 Å². The van der Waals surface area contributed by atoms with E-state index in [0.29, 0.717) is 6.07 Å². The lowest BCUT2D eigenvalue weighted by Gasteiger charge is -2.11. The summed E-state index contributed by atoms with van der Waals surface area (Å²) in [6, 6.07) is 1.30. The van der Waals surface area contributed by atoms with Crippen LogP contribution >= 0.6 is 0 Å². The van der Waals surface area contributed by atoms with Crippen LogP contribution in [0, 0.1) is 10.1 Å². The summed E-state index contributed by atoms with van der Waals surface area (Å²) in [6.45, 7) is 1.01. The van der Waals surface area contributed by atoms with Crippen molar-refractivity contribution in [1.29, 1.82) is 0 Å². The number of carbonyl (C=O) groups is 1. The van der Waals surface area contributed by atoms with Crippen LogP contribution in [0.4, 0.5) is 24.5 Å². The summed E-state index contributed by atoms with van der Waals surface area (Å²) in [5, 5.41) is 10.6. The number of nitrogens with two attached hydrogens (primary N) is 1. The van der Waals surface area contributed by atoms with Gasteiger partial charge in [-0.3, -0.25) is 14.9 Å². The minimum atomic E-state index is -4.80. The molecule has 92 valence electrons. The Morgan fingerprint density at radius 3 is 2.29 bits per heavy atom. The van der Waals surface area contributed by atoms with Gasteiger partial charge in [0.15, 0.2) is 5.78 Å². The molecule has 0 saturated carbocycles. The molecule has 5 nitrogen and oxygen atoms in total. The molecule has 0 saturated heterocycles. The molecule has 0 heterocycles. The van der Waals surface area contributed by atoms with Crippen molar-refractivity contribution in [2.45, 2.75) is 13.1 Å². The zero-order valence-corrected chi connectivity index (χ0v) is 8.54. The summed E-state index contributed by atoms with van der Waals surface area (Å²) in [5.74, 6) is -0.725. The molecule has 0 fully saturated rings. The number of ketones is 1. The monoisotopic (exact) mass is 248 g/mol. The number of anilines is 1. The first-order chi connectivity index (χ1) is 7.66. The minimum absolute atomic E-state index is 0.444. The van der Waals surface area contributed by atoms with Crippen molar-refractivity contribution in [1.82, 2.24) is 0 Å². The van der Waals surface area contributed by atoms with E-state index in [1.54, 1.807) is 0 Å². The largest absolute Gasteiger partial charge is 0.418 e. The Hall–Kier alpha value is -2.12. The summed E-state index contributed by atoms with van der Waals surface area (Å²) in [6.07, 6.45) is -4.80. The van der Waals surface area contributed by atoms with Crippen LogP contribution in [-0.4, -0.2) is 10.7 Å². The summed E-state index contributed by atoms with van der Waals surface area (Å²) in [7, 11) is 0. The number of alkyl halides is 3. The smallest absolute Gasteiger partial charge is 0.393 e. The van der Waals surface area contributed by atoms with E-state index in [-0.39, 0.29) is 0 Å². The minimum Gasteiger partial charge on any atom is -0.393 e. The fourth-order valence-electron chi connectivity index (χ4n) is 1.34. The van der Waals surface area contributed by atoms with Crippen molar-refractivity contribution in [3.63, 3.8) is 0 Å². The number of Topliss-reactive ketones (excluding diaryl/α,β-unsaturated/α-hetero) is 1. The Kier molecular flexibility index (Phi) is 3.08. The maximum absolute atomic E-state index is 12.4. The number of hydrogen-bond donors (Lipinski definition) is 1. The molecule has 0 bridgehead atoms. The second kappa shape index (κ2) is 4.04. The van der Waals surface area contributed by atoms with Gasteiger partial charge in [-0.05, 0) is 19.1 Å². The molecule has 0 aliphatic carbocycles. The molecule has 0 amide bonds. The SMILES string of the molecule is CC(=O)c1ccc(C(F)(F)F)c(N)c1[N+](=O)[O-]. The number of carbonyl (C=O) groups excluding carboxylic acids is 1.